The molecule has 2 aromatic carbocycles. The highest BCUT2D eigenvalue weighted by molar-refractivity contribution is 7.15. The van der Waals surface area contributed by atoms with Gasteiger partial charge < -0.3 is 10.2 Å². The third-order valence-electron chi connectivity index (χ3n) is 6.32. The van der Waals surface area contributed by atoms with Crippen molar-refractivity contribution in [2.45, 2.75) is 39.2 Å². The Hall–Kier alpha value is -3.53. The van der Waals surface area contributed by atoms with Gasteiger partial charge in [-0.05, 0) is 50.8 Å². The molecule has 0 saturated carbocycles. The Bertz CT molecular complexity index is 1440. The van der Waals surface area contributed by atoms with Gasteiger partial charge in [-0.25, -0.2) is 28.1 Å². The zero-order valence-electron chi connectivity index (χ0n) is 19.8. The molecule has 0 spiro atoms. The second-order valence-corrected chi connectivity index (χ2v) is 10.1. The number of nitrogens with one attached hydrogen (secondary N) is 1. The van der Waals surface area contributed by atoms with E-state index in [1.54, 1.807) is 19.1 Å². The predicted octanol–water partition coefficient (Wildman–Crippen LogP) is 5.89. The van der Waals surface area contributed by atoms with Crippen molar-refractivity contribution in [1.82, 2.24) is 19.9 Å². The monoisotopic (exact) mass is 511 g/mol. The molecule has 2 aromatic heterocycles. The molecule has 0 bridgehead atoms. The number of benzene rings is 2. The van der Waals surface area contributed by atoms with E-state index >= 15 is 0 Å². The summed E-state index contributed by atoms with van der Waals surface area (Å²) in [6.07, 6.45) is 2.66. The summed E-state index contributed by atoms with van der Waals surface area (Å²) in [5.41, 5.74) is 2.20. The number of rotatable bonds is 5. The normalized spacial score (nSPS) is 15.9. The topological polar surface area (TPSA) is 71.0 Å². The fourth-order valence-corrected chi connectivity index (χ4v) is 5.42. The summed E-state index contributed by atoms with van der Waals surface area (Å²) in [5.74, 6) is -1.99. The SMILES string of the molecule is Cc1nc(C(=O)N2CCCC[C@H]2CNc2nc3cc(F)c(F)cc3nc2C)c(-c2ccc(F)cc2)s1. The van der Waals surface area contributed by atoms with Crippen LogP contribution in [-0.2, 0) is 0 Å². The van der Waals surface area contributed by atoms with Crippen molar-refractivity contribution >= 4 is 34.1 Å². The van der Waals surface area contributed by atoms with Gasteiger partial charge in [0.05, 0.1) is 26.6 Å². The second-order valence-electron chi connectivity index (χ2n) is 8.86. The zero-order valence-corrected chi connectivity index (χ0v) is 20.6. The summed E-state index contributed by atoms with van der Waals surface area (Å²) in [5, 5.41) is 4.02. The van der Waals surface area contributed by atoms with Gasteiger partial charge in [0.25, 0.3) is 5.91 Å². The van der Waals surface area contributed by atoms with Gasteiger partial charge in [0.15, 0.2) is 11.6 Å². The van der Waals surface area contributed by atoms with Gasteiger partial charge in [-0.1, -0.05) is 12.1 Å². The lowest BCUT2D eigenvalue weighted by Crippen LogP contribution is -2.47. The predicted molar refractivity (Wildman–Crippen MR) is 134 cm³/mol. The summed E-state index contributed by atoms with van der Waals surface area (Å²) < 4.78 is 40.7. The Kier molecular flexibility index (Phi) is 6.61. The quantitative estimate of drug-likeness (QED) is 0.362. The van der Waals surface area contributed by atoms with Crippen molar-refractivity contribution in [3.05, 3.63) is 70.2 Å². The van der Waals surface area contributed by atoms with Crippen LogP contribution in [0.15, 0.2) is 36.4 Å². The van der Waals surface area contributed by atoms with Gasteiger partial charge in [0.2, 0.25) is 0 Å². The van der Waals surface area contributed by atoms with E-state index in [9.17, 15) is 18.0 Å². The van der Waals surface area contributed by atoms with Crippen LogP contribution in [0.3, 0.4) is 0 Å². The molecule has 0 radical (unpaired) electrons. The van der Waals surface area contributed by atoms with E-state index in [1.165, 1.54) is 23.5 Å². The number of piperidine rings is 1. The summed E-state index contributed by atoms with van der Waals surface area (Å²) in [6, 6.07) is 8.01. The van der Waals surface area contributed by atoms with Crippen LogP contribution in [0.5, 0.6) is 0 Å². The Labute approximate surface area is 210 Å². The maximum Gasteiger partial charge on any atom is 0.274 e. The van der Waals surface area contributed by atoms with E-state index < -0.39 is 11.6 Å². The first-order chi connectivity index (χ1) is 17.3. The van der Waals surface area contributed by atoms with Crippen LogP contribution >= 0.6 is 11.3 Å². The first kappa shape index (κ1) is 24.2. The molecule has 36 heavy (non-hydrogen) atoms. The number of aryl methyl sites for hydroxylation is 2. The van der Waals surface area contributed by atoms with Crippen LogP contribution in [0, 0.1) is 31.3 Å². The average Bonchev–Trinajstić information content (AvgIpc) is 3.25. The van der Waals surface area contributed by atoms with Crippen molar-refractivity contribution in [3.63, 3.8) is 0 Å². The molecule has 1 amide bonds. The maximum atomic E-state index is 13.7. The van der Waals surface area contributed by atoms with E-state index in [0.717, 1.165) is 46.8 Å². The van der Waals surface area contributed by atoms with E-state index in [1.807, 2.05) is 11.8 Å². The van der Waals surface area contributed by atoms with Crippen LogP contribution in [-0.4, -0.2) is 44.9 Å². The van der Waals surface area contributed by atoms with Gasteiger partial charge in [-0.15, -0.1) is 11.3 Å². The number of amides is 1. The molecular formula is C26H24F3N5OS. The Morgan fingerprint density at radius 3 is 2.44 bits per heavy atom. The molecule has 4 aromatic rings. The lowest BCUT2D eigenvalue weighted by atomic mass is 10.0. The van der Waals surface area contributed by atoms with Crippen LogP contribution < -0.4 is 5.32 Å². The fraction of sp³-hybridized carbons (Fsp3) is 0.308. The van der Waals surface area contributed by atoms with E-state index in [4.69, 9.17) is 0 Å². The first-order valence-electron chi connectivity index (χ1n) is 11.7. The number of halogens is 3. The molecule has 1 aliphatic rings. The Balaban J connectivity index is 1.38. The molecule has 6 nitrogen and oxygen atoms in total. The highest BCUT2D eigenvalue weighted by atomic mass is 32.1. The number of anilines is 1. The minimum absolute atomic E-state index is 0.115. The van der Waals surface area contributed by atoms with Crippen LogP contribution in [0.2, 0.25) is 0 Å². The van der Waals surface area contributed by atoms with Crippen LogP contribution in [0.25, 0.3) is 21.5 Å². The molecule has 1 atom stereocenters. The highest BCUT2D eigenvalue weighted by Crippen LogP contribution is 2.32. The fourth-order valence-electron chi connectivity index (χ4n) is 4.51. The minimum Gasteiger partial charge on any atom is -0.366 e. The molecule has 10 heteroatoms. The molecule has 5 rings (SSSR count). The first-order valence-corrected chi connectivity index (χ1v) is 12.5. The van der Waals surface area contributed by atoms with Gasteiger partial charge >= 0.3 is 0 Å². The molecule has 0 aliphatic carbocycles. The Morgan fingerprint density at radius 1 is 1.03 bits per heavy atom. The van der Waals surface area contributed by atoms with Crippen molar-refractivity contribution in [2.75, 3.05) is 18.4 Å². The van der Waals surface area contributed by atoms with E-state index in [-0.39, 0.29) is 28.8 Å². The number of thiazole rings is 1. The number of carbonyl (C=O) groups is 1. The number of hydrogen-bond donors (Lipinski definition) is 1. The van der Waals surface area contributed by atoms with Crippen molar-refractivity contribution in [1.29, 1.82) is 0 Å². The van der Waals surface area contributed by atoms with Crippen molar-refractivity contribution in [3.8, 4) is 10.4 Å². The molecule has 1 fully saturated rings. The van der Waals surface area contributed by atoms with Crippen molar-refractivity contribution < 1.29 is 18.0 Å². The largest absolute Gasteiger partial charge is 0.366 e. The highest BCUT2D eigenvalue weighted by Gasteiger charge is 2.31. The molecule has 1 aliphatic heterocycles. The molecule has 186 valence electrons. The molecular weight excluding hydrogens is 487 g/mol. The molecule has 0 unspecified atom stereocenters. The smallest absolute Gasteiger partial charge is 0.274 e. The Morgan fingerprint density at radius 2 is 1.72 bits per heavy atom. The lowest BCUT2D eigenvalue weighted by molar-refractivity contribution is 0.0623. The number of likely N-dealkylation sites (tertiary alicyclic amines) is 1. The number of aromatic nitrogens is 3. The molecule has 1 N–H and O–H groups in total. The molecule has 3 heterocycles. The van der Waals surface area contributed by atoms with Crippen LogP contribution in [0.1, 0.15) is 40.5 Å². The van der Waals surface area contributed by atoms with Gasteiger partial charge in [0, 0.05) is 31.3 Å². The third-order valence-corrected chi connectivity index (χ3v) is 7.34. The summed E-state index contributed by atoms with van der Waals surface area (Å²) in [7, 11) is 0. The van der Waals surface area contributed by atoms with E-state index in [2.05, 4.69) is 20.3 Å². The number of fused-ring (bicyclic) bond motifs is 1. The van der Waals surface area contributed by atoms with Crippen LogP contribution in [0.4, 0.5) is 19.0 Å². The van der Waals surface area contributed by atoms with Gasteiger partial charge in [0.1, 0.15) is 17.3 Å². The lowest BCUT2D eigenvalue weighted by Gasteiger charge is -2.36. The standard InChI is InChI=1S/C26H24F3N5OS/c1-14-25(33-22-12-20(29)19(28)11-21(22)31-14)30-13-18-5-3-4-10-34(18)26(35)23-24(36-15(2)32-23)16-6-8-17(27)9-7-16/h6-9,11-12,18H,3-5,10,13H2,1-2H3,(H,30,33)/t18-/m0/s1. The summed E-state index contributed by atoms with van der Waals surface area (Å²) in [6.45, 7) is 4.61. The second kappa shape index (κ2) is 9.85. The molecule has 1 saturated heterocycles. The van der Waals surface area contributed by atoms with Gasteiger partial charge in [-0.2, -0.15) is 0 Å². The van der Waals surface area contributed by atoms with Gasteiger partial charge in [-0.3, -0.25) is 4.79 Å². The summed E-state index contributed by atoms with van der Waals surface area (Å²) in [4.78, 5) is 29.5. The van der Waals surface area contributed by atoms with E-state index in [0.29, 0.717) is 30.3 Å². The third kappa shape index (κ3) is 4.77. The number of nitrogens with zero attached hydrogens (tertiary/aromatic N) is 4. The maximum absolute atomic E-state index is 13.7. The zero-order chi connectivity index (χ0) is 25.4. The summed E-state index contributed by atoms with van der Waals surface area (Å²) >= 11 is 1.41. The minimum atomic E-state index is -0.980. The number of carbonyl (C=O) groups excluding carboxylic acids is 1. The number of hydrogen-bond acceptors (Lipinski definition) is 6. The van der Waals surface area contributed by atoms with Crippen molar-refractivity contribution in [2.24, 2.45) is 0 Å². The average molecular weight is 512 g/mol.